The highest BCUT2D eigenvalue weighted by Crippen LogP contribution is 2.25. The van der Waals surface area contributed by atoms with Crippen LogP contribution in [-0.4, -0.2) is 25.7 Å². The van der Waals surface area contributed by atoms with Gasteiger partial charge in [-0.05, 0) is 54.5 Å². The molecule has 1 saturated carbocycles. The van der Waals surface area contributed by atoms with Gasteiger partial charge in [-0.2, -0.15) is 11.3 Å². The summed E-state index contributed by atoms with van der Waals surface area (Å²) in [4.78, 5) is 12.0. The van der Waals surface area contributed by atoms with Crippen LogP contribution < -0.4 is 5.32 Å². The Hall–Kier alpha value is -0.870. The second-order valence-electron chi connectivity index (χ2n) is 4.88. The Bertz CT molecular complexity index is 356. The van der Waals surface area contributed by atoms with Crippen molar-refractivity contribution in [2.75, 3.05) is 13.7 Å². The molecular weight excluding hydrogens is 246 g/mol. The lowest BCUT2D eigenvalue weighted by Gasteiger charge is -2.26. The third-order valence-corrected chi connectivity index (χ3v) is 4.40. The minimum atomic E-state index is 0.193. The lowest BCUT2D eigenvalue weighted by atomic mass is 9.87. The molecule has 2 rings (SSSR count). The average molecular weight is 267 g/mol. The fourth-order valence-corrected chi connectivity index (χ4v) is 3.17. The summed E-state index contributed by atoms with van der Waals surface area (Å²) in [5, 5.41) is 7.26. The summed E-state index contributed by atoms with van der Waals surface area (Å²) in [6.07, 6.45) is 5.24. The highest BCUT2D eigenvalue weighted by molar-refractivity contribution is 7.07. The van der Waals surface area contributed by atoms with E-state index in [1.165, 1.54) is 5.56 Å². The van der Waals surface area contributed by atoms with E-state index in [-0.39, 0.29) is 11.8 Å². The van der Waals surface area contributed by atoms with Crippen molar-refractivity contribution in [1.82, 2.24) is 5.32 Å². The molecule has 18 heavy (non-hydrogen) atoms. The Labute approximate surface area is 113 Å². The van der Waals surface area contributed by atoms with Gasteiger partial charge in [0, 0.05) is 19.6 Å². The van der Waals surface area contributed by atoms with E-state index in [1.54, 1.807) is 18.4 Å². The van der Waals surface area contributed by atoms with Gasteiger partial charge in [-0.15, -0.1) is 0 Å². The Balaban J connectivity index is 1.66. The van der Waals surface area contributed by atoms with Crippen LogP contribution in [-0.2, 0) is 16.0 Å². The first-order valence-electron chi connectivity index (χ1n) is 6.61. The zero-order chi connectivity index (χ0) is 12.8. The van der Waals surface area contributed by atoms with Crippen LogP contribution in [0.25, 0.3) is 0 Å². The summed E-state index contributed by atoms with van der Waals surface area (Å²) < 4.78 is 5.32. The smallest absolute Gasteiger partial charge is 0.223 e. The molecular formula is C14H21NO2S. The molecule has 0 unspecified atom stereocenters. The van der Waals surface area contributed by atoms with E-state index in [4.69, 9.17) is 4.74 Å². The van der Waals surface area contributed by atoms with Crippen LogP contribution in [0.15, 0.2) is 16.8 Å². The second kappa shape index (κ2) is 6.90. The van der Waals surface area contributed by atoms with E-state index in [9.17, 15) is 4.79 Å². The first-order valence-corrected chi connectivity index (χ1v) is 7.55. The number of ether oxygens (including phenoxy) is 1. The SMILES string of the molecule is COC1CCC(C(=O)NCCc2ccsc2)CC1. The largest absolute Gasteiger partial charge is 0.381 e. The maximum absolute atomic E-state index is 12.0. The van der Waals surface area contributed by atoms with Gasteiger partial charge in [0.2, 0.25) is 5.91 Å². The molecule has 3 nitrogen and oxygen atoms in total. The van der Waals surface area contributed by atoms with Gasteiger partial charge in [0.05, 0.1) is 6.10 Å². The van der Waals surface area contributed by atoms with Crippen molar-refractivity contribution in [3.63, 3.8) is 0 Å². The van der Waals surface area contributed by atoms with Crippen LogP contribution in [0.3, 0.4) is 0 Å². The Kier molecular flexibility index (Phi) is 5.20. The molecule has 1 aliphatic carbocycles. The van der Waals surface area contributed by atoms with Crippen LogP contribution in [0.4, 0.5) is 0 Å². The quantitative estimate of drug-likeness (QED) is 0.890. The number of carbonyl (C=O) groups excluding carboxylic acids is 1. The van der Waals surface area contributed by atoms with Crippen LogP contribution >= 0.6 is 11.3 Å². The maximum atomic E-state index is 12.0. The van der Waals surface area contributed by atoms with Gasteiger partial charge < -0.3 is 10.1 Å². The van der Waals surface area contributed by atoms with E-state index < -0.39 is 0 Å². The number of hydrogen-bond acceptors (Lipinski definition) is 3. The van der Waals surface area contributed by atoms with Crippen LogP contribution in [0, 0.1) is 5.92 Å². The van der Waals surface area contributed by atoms with Crippen molar-refractivity contribution in [2.45, 2.75) is 38.2 Å². The number of rotatable bonds is 5. The van der Waals surface area contributed by atoms with E-state index >= 15 is 0 Å². The highest BCUT2D eigenvalue weighted by Gasteiger charge is 2.25. The molecule has 1 aromatic rings. The summed E-state index contributed by atoms with van der Waals surface area (Å²) >= 11 is 1.70. The molecule has 4 heteroatoms. The van der Waals surface area contributed by atoms with Crippen molar-refractivity contribution in [3.05, 3.63) is 22.4 Å². The number of hydrogen-bond donors (Lipinski definition) is 1. The molecule has 1 aliphatic rings. The minimum absolute atomic E-state index is 0.193. The molecule has 0 bridgehead atoms. The molecule has 100 valence electrons. The summed E-state index contributed by atoms with van der Waals surface area (Å²) in [7, 11) is 1.76. The minimum Gasteiger partial charge on any atom is -0.381 e. The standard InChI is InChI=1S/C14H21NO2S/c1-17-13-4-2-12(3-5-13)14(16)15-8-6-11-7-9-18-10-11/h7,9-10,12-13H,2-6,8H2,1H3,(H,15,16). The molecule has 1 fully saturated rings. The Morgan fingerprint density at radius 3 is 2.83 bits per heavy atom. The molecule has 1 amide bonds. The maximum Gasteiger partial charge on any atom is 0.223 e. The van der Waals surface area contributed by atoms with Crippen molar-refractivity contribution in [2.24, 2.45) is 5.92 Å². The van der Waals surface area contributed by atoms with Crippen molar-refractivity contribution in [1.29, 1.82) is 0 Å². The molecule has 1 heterocycles. The second-order valence-corrected chi connectivity index (χ2v) is 5.66. The molecule has 0 radical (unpaired) electrons. The number of methoxy groups -OCH3 is 1. The van der Waals surface area contributed by atoms with Crippen molar-refractivity contribution < 1.29 is 9.53 Å². The first-order chi connectivity index (χ1) is 8.79. The van der Waals surface area contributed by atoms with E-state index in [2.05, 4.69) is 22.1 Å². The Morgan fingerprint density at radius 2 is 2.22 bits per heavy atom. The third-order valence-electron chi connectivity index (χ3n) is 3.67. The van der Waals surface area contributed by atoms with E-state index in [0.717, 1.165) is 38.6 Å². The van der Waals surface area contributed by atoms with Gasteiger partial charge in [0.1, 0.15) is 0 Å². The van der Waals surface area contributed by atoms with Crippen LogP contribution in [0.1, 0.15) is 31.2 Å². The fourth-order valence-electron chi connectivity index (χ4n) is 2.47. The zero-order valence-corrected chi connectivity index (χ0v) is 11.7. The monoisotopic (exact) mass is 267 g/mol. The van der Waals surface area contributed by atoms with Crippen molar-refractivity contribution in [3.8, 4) is 0 Å². The number of thiophene rings is 1. The molecule has 0 spiro atoms. The number of nitrogens with one attached hydrogen (secondary N) is 1. The normalized spacial score (nSPS) is 23.8. The summed E-state index contributed by atoms with van der Waals surface area (Å²) in [5.41, 5.74) is 1.31. The Morgan fingerprint density at radius 1 is 1.44 bits per heavy atom. The number of carbonyl (C=O) groups is 1. The van der Waals surface area contributed by atoms with E-state index in [0.29, 0.717) is 6.10 Å². The van der Waals surface area contributed by atoms with Gasteiger partial charge in [-0.1, -0.05) is 0 Å². The van der Waals surface area contributed by atoms with Gasteiger partial charge in [-0.25, -0.2) is 0 Å². The van der Waals surface area contributed by atoms with Gasteiger partial charge >= 0.3 is 0 Å². The van der Waals surface area contributed by atoms with Gasteiger partial charge in [-0.3, -0.25) is 4.79 Å². The zero-order valence-electron chi connectivity index (χ0n) is 10.9. The summed E-state index contributed by atoms with van der Waals surface area (Å²) in [6, 6.07) is 2.11. The lowest BCUT2D eigenvalue weighted by molar-refractivity contribution is -0.126. The van der Waals surface area contributed by atoms with Crippen molar-refractivity contribution >= 4 is 17.2 Å². The predicted molar refractivity (Wildman–Crippen MR) is 73.8 cm³/mol. The molecule has 0 aromatic carbocycles. The molecule has 1 aromatic heterocycles. The van der Waals surface area contributed by atoms with Gasteiger partial charge in [0.15, 0.2) is 0 Å². The van der Waals surface area contributed by atoms with Crippen LogP contribution in [0.5, 0.6) is 0 Å². The van der Waals surface area contributed by atoms with E-state index in [1.807, 2.05) is 0 Å². The van der Waals surface area contributed by atoms with Crippen LogP contribution in [0.2, 0.25) is 0 Å². The molecule has 0 saturated heterocycles. The summed E-state index contributed by atoms with van der Waals surface area (Å²) in [5.74, 6) is 0.415. The number of amides is 1. The lowest BCUT2D eigenvalue weighted by Crippen LogP contribution is -2.35. The first kappa shape index (κ1) is 13.6. The topological polar surface area (TPSA) is 38.3 Å². The highest BCUT2D eigenvalue weighted by atomic mass is 32.1. The van der Waals surface area contributed by atoms with Gasteiger partial charge in [0.25, 0.3) is 0 Å². The fraction of sp³-hybridized carbons (Fsp3) is 0.643. The summed E-state index contributed by atoms with van der Waals surface area (Å²) in [6.45, 7) is 0.750. The molecule has 0 atom stereocenters. The average Bonchev–Trinajstić information content (AvgIpc) is 2.92. The third kappa shape index (κ3) is 3.82. The molecule has 1 N–H and O–H groups in total. The molecule has 0 aliphatic heterocycles. The predicted octanol–water partition coefficient (Wildman–Crippen LogP) is 2.61.